The molecule has 0 aromatic heterocycles. The molecule has 0 saturated heterocycles. The molecule has 0 aliphatic carbocycles. The highest BCUT2D eigenvalue weighted by atomic mass is 79.9. The third kappa shape index (κ3) is 2.58. The average Bonchev–Trinajstić information content (AvgIpc) is 2.25. The van der Waals surface area contributed by atoms with E-state index in [-0.39, 0.29) is 4.47 Å². The van der Waals surface area contributed by atoms with Gasteiger partial charge in [0.1, 0.15) is 6.07 Å². The number of benzene rings is 1. The van der Waals surface area contributed by atoms with Crippen LogP contribution in [-0.4, -0.2) is 13.1 Å². The smallest absolute Gasteiger partial charge is 0.417 e. The van der Waals surface area contributed by atoms with Crippen LogP contribution in [0.25, 0.3) is 0 Å². The first kappa shape index (κ1) is 13.5. The van der Waals surface area contributed by atoms with Crippen LogP contribution in [0.15, 0.2) is 16.6 Å². The molecule has 0 aliphatic heterocycles. The van der Waals surface area contributed by atoms with Crippen molar-refractivity contribution in [3.05, 3.63) is 33.3 Å². The Bertz CT molecular complexity index is 505. The number of ether oxygens (including phenoxy) is 1. The first-order valence-electron chi connectivity index (χ1n) is 4.21. The van der Waals surface area contributed by atoms with Gasteiger partial charge < -0.3 is 4.74 Å². The quantitative estimate of drug-likeness (QED) is 0.749. The van der Waals surface area contributed by atoms with Crippen LogP contribution in [0.1, 0.15) is 21.5 Å². The maximum absolute atomic E-state index is 12.7. The van der Waals surface area contributed by atoms with E-state index in [1.54, 1.807) is 6.07 Å². The van der Waals surface area contributed by atoms with Gasteiger partial charge in [-0.1, -0.05) is 0 Å². The molecule has 7 heteroatoms. The Morgan fingerprint density at radius 3 is 2.47 bits per heavy atom. The maximum atomic E-state index is 12.7. The fraction of sp³-hybridized carbons (Fsp3) is 0.200. The van der Waals surface area contributed by atoms with E-state index in [4.69, 9.17) is 5.26 Å². The number of carbonyl (C=O) groups excluding carboxylic acids is 1. The lowest BCUT2D eigenvalue weighted by Crippen LogP contribution is -2.16. The van der Waals surface area contributed by atoms with E-state index in [0.717, 1.165) is 19.2 Å². The number of alkyl halides is 3. The van der Waals surface area contributed by atoms with Gasteiger partial charge in [-0.25, -0.2) is 4.79 Å². The van der Waals surface area contributed by atoms with Crippen LogP contribution in [-0.2, 0) is 10.9 Å². The van der Waals surface area contributed by atoms with Crippen LogP contribution in [0.4, 0.5) is 13.2 Å². The van der Waals surface area contributed by atoms with Crippen molar-refractivity contribution in [1.82, 2.24) is 0 Å². The van der Waals surface area contributed by atoms with E-state index in [2.05, 4.69) is 20.7 Å². The first-order chi connectivity index (χ1) is 7.82. The third-order valence-corrected chi connectivity index (χ3v) is 2.62. The zero-order chi connectivity index (χ0) is 13.2. The fourth-order valence-corrected chi connectivity index (χ4v) is 1.66. The van der Waals surface area contributed by atoms with Crippen LogP contribution in [0.2, 0.25) is 0 Å². The molecule has 17 heavy (non-hydrogen) atoms. The lowest BCUT2D eigenvalue weighted by atomic mass is 10.0. The second-order valence-electron chi connectivity index (χ2n) is 2.95. The van der Waals surface area contributed by atoms with Crippen molar-refractivity contribution in [2.45, 2.75) is 6.18 Å². The van der Waals surface area contributed by atoms with Crippen LogP contribution < -0.4 is 0 Å². The van der Waals surface area contributed by atoms with Crippen LogP contribution >= 0.6 is 15.9 Å². The summed E-state index contributed by atoms with van der Waals surface area (Å²) in [5, 5.41) is 8.78. The molecule has 0 N–H and O–H groups in total. The molecule has 3 nitrogen and oxygen atoms in total. The summed E-state index contributed by atoms with van der Waals surface area (Å²) >= 11 is 2.91. The molecule has 0 heterocycles. The van der Waals surface area contributed by atoms with E-state index in [1.807, 2.05) is 0 Å². The molecule has 0 saturated carbocycles. The molecular weight excluding hydrogens is 303 g/mol. The molecule has 0 radical (unpaired) electrons. The van der Waals surface area contributed by atoms with Crippen LogP contribution in [0.5, 0.6) is 0 Å². The number of hydrogen-bond acceptors (Lipinski definition) is 3. The second kappa shape index (κ2) is 4.75. The number of carbonyl (C=O) groups is 1. The molecule has 0 bridgehead atoms. The lowest BCUT2D eigenvalue weighted by Gasteiger charge is -2.13. The standard InChI is InChI=1S/C10H5BrF3NO2/c1-17-9(16)8-5(4-15)7(11)3-2-6(8)10(12,13)14/h2-3H,1H3. The molecule has 0 atom stereocenters. The minimum Gasteiger partial charge on any atom is -0.465 e. The highest BCUT2D eigenvalue weighted by Crippen LogP contribution is 2.36. The minimum atomic E-state index is -4.73. The Balaban J connectivity index is 3.65. The number of methoxy groups -OCH3 is 1. The monoisotopic (exact) mass is 307 g/mol. The molecule has 1 aromatic rings. The normalized spacial score (nSPS) is 10.8. The molecule has 0 unspecified atom stereocenters. The summed E-state index contributed by atoms with van der Waals surface area (Å²) in [6.45, 7) is 0. The topological polar surface area (TPSA) is 50.1 Å². The van der Waals surface area contributed by atoms with Crippen molar-refractivity contribution in [2.24, 2.45) is 0 Å². The van der Waals surface area contributed by atoms with Gasteiger partial charge in [0, 0.05) is 4.47 Å². The van der Waals surface area contributed by atoms with E-state index in [1.165, 1.54) is 0 Å². The summed E-state index contributed by atoms with van der Waals surface area (Å²) < 4.78 is 42.3. The van der Waals surface area contributed by atoms with Gasteiger partial charge in [-0.05, 0) is 28.1 Å². The number of esters is 1. The second-order valence-corrected chi connectivity index (χ2v) is 3.80. The van der Waals surface area contributed by atoms with E-state index in [0.29, 0.717) is 0 Å². The molecule has 90 valence electrons. The Hall–Kier alpha value is -1.55. The molecule has 0 amide bonds. The predicted octanol–water partition coefficient (Wildman–Crippen LogP) is 3.13. The summed E-state index contributed by atoms with van der Waals surface area (Å²) in [6.07, 6.45) is -4.73. The Morgan fingerprint density at radius 2 is 2.06 bits per heavy atom. The highest BCUT2D eigenvalue weighted by molar-refractivity contribution is 9.10. The number of halogens is 4. The van der Waals surface area contributed by atoms with Gasteiger partial charge in [-0.2, -0.15) is 18.4 Å². The summed E-state index contributed by atoms with van der Waals surface area (Å²) in [5.41, 5.74) is -2.37. The predicted molar refractivity (Wildman–Crippen MR) is 55.2 cm³/mol. The van der Waals surface area contributed by atoms with Crippen molar-refractivity contribution >= 4 is 21.9 Å². The molecular formula is C10H5BrF3NO2. The SMILES string of the molecule is COC(=O)c1c(C(F)(F)F)ccc(Br)c1C#N. The van der Waals surface area contributed by atoms with Crippen molar-refractivity contribution < 1.29 is 22.7 Å². The summed E-state index contributed by atoms with van der Waals surface area (Å²) in [5.74, 6) is -1.20. The van der Waals surface area contributed by atoms with Gasteiger partial charge in [0.05, 0.1) is 23.8 Å². The third-order valence-electron chi connectivity index (χ3n) is 1.96. The van der Waals surface area contributed by atoms with Gasteiger partial charge in [0.25, 0.3) is 0 Å². The van der Waals surface area contributed by atoms with Gasteiger partial charge in [-0.3, -0.25) is 0 Å². The van der Waals surface area contributed by atoms with Gasteiger partial charge in [0.2, 0.25) is 0 Å². The van der Waals surface area contributed by atoms with Gasteiger partial charge in [0.15, 0.2) is 0 Å². The van der Waals surface area contributed by atoms with E-state index in [9.17, 15) is 18.0 Å². The number of nitrogens with zero attached hydrogens (tertiary/aromatic N) is 1. The zero-order valence-electron chi connectivity index (χ0n) is 8.43. The molecule has 0 fully saturated rings. The number of rotatable bonds is 1. The number of nitriles is 1. The molecule has 1 aromatic carbocycles. The minimum absolute atomic E-state index is 0.105. The average molecular weight is 308 g/mol. The summed E-state index contributed by atoms with van der Waals surface area (Å²) in [6, 6.07) is 3.33. The fourth-order valence-electron chi connectivity index (χ4n) is 1.24. The highest BCUT2D eigenvalue weighted by Gasteiger charge is 2.37. The Kier molecular flexibility index (Phi) is 3.78. The van der Waals surface area contributed by atoms with E-state index < -0.39 is 28.8 Å². The van der Waals surface area contributed by atoms with Crippen LogP contribution in [0, 0.1) is 11.3 Å². The maximum Gasteiger partial charge on any atom is 0.417 e. The summed E-state index contributed by atoms with van der Waals surface area (Å²) in [7, 11) is 0.949. The van der Waals surface area contributed by atoms with Crippen molar-refractivity contribution in [2.75, 3.05) is 7.11 Å². The van der Waals surface area contributed by atoms with Crippen LogP contribution in [0.3, 0.4) is 0 Å². The molecule has 0 aliphatic rings. The lowest BCUT2D eigenvalue weighted by molar-refractivity contribution is -0.138. The Labute approximate surface area is 103 Å². The summed E-state index contributed by atoms with van der Waals surface area (Å²) in [4.78, 5) is 11.3. The van der Waals surface area contributed by atoms with Gasteiger partial charge >= 0.3 is 12.1 Å². The first-order valence-corrected chi connectivity index (χ1v) is 5.00. The Morgan fingerprint density at radius 1 is 1.47 bits per heavy atom. The number of hydrogen-bond donors (Lipinski definition) is 0. The van der Waals surface area contributed by atoms with Crippen molar-refractivity contribution in [1.29, 1.82) is 5.26 Å². The van der Waals surface area contributed by atoms with Gasteiger partial charge in [-0.15, -0.1) is 0 Å². The molecule has 0 spiro atoms. The zero-order valence-corrected chi connectivity index (χ0v) is 10.0. The molecule has 1 rings (SSSR count). The van der Waals surface area contributed by atoms with E-state index >= 15 is 0 Å². The van der Waals surface area contributed by atoms with Crippen molar-refractivity contribution in [3.8, 4) is 6.07 Å². The van der Waals surface area contributed by atoms with Crippen molar-refractivity contribution in [3.63, 3.8) is 0 Å². The largest absolute Gasteiger partial charge is 0.465 e.